The molecule has 1 N–H and O–H groups in total. The molecule has 1 aromatic carbocycles. The van der Waals surface area contributed by atoms with Crippen molar-refractivity contribution in [3.8, 4) is 0 Å². The largest absolute Gasteiger partial charge is 0.316 e. The summed E-state index contributed by atoms with van der Waals surface area (Å²) in [4.78, 5) is 1.06. The fourth-order valence-corrected chi connectivity index (χ4v) is 0.960. The molecule has 1 nitrogen and oxygen atoms in total. The van der Waals surface area contributed by atoms with Crippen molar-refractivity contribution in [3.05, 3.63) is 42.0 Å². The van der Waals surface area contributed by atoms with Gasteiger partial charge in [0.1, 0.15) is 0 Å². The minimum Gasteiger partial charge on any atom is -0.316 e. The van der Waals surface area contributed by atoms with Crippen LogP contribution in [0.3, 0.4) is 0 Å². The number of aryl methyl sites for hydroxylation is 1. The van der Waals surface area contributed by atoms with Crippen molar-refractivity contribution in [1.82, 2.24) is 5.32 Å². The number of thiol groups is 1. The predicted octanol–water partition coefficient (Wildman–Crippen LogP) is 3.07. The zero-order valence-electron chi connectivity index (χ0n) is 9.12. The molecule has 0 aliphatic heterocycles. The van der Waals surface area contributed by atoms with E-state index in [9.17, 15) is 0 Å². The summed E-state index contributed by atoms with van der Waals surface area (Å²) in [6.45, 7) is 5.04. The van der Waals surface area contributed by atoms with Gasteiger partial charge in [-0.15, -0.1) is 12.6 Å². The molecule has 1 rings (SSSR count). The van der Waals surface area contributed by atoms with Crippen LogP contribution in [0.15, 0.2) is 41.3 Å². The minimum atomic E-state index is 0.983. The number of allylic oxidation sites excluding steroid dienone is 1. The van der Waals surface area contributed by atoms with Crippen LogP contribution in [-0.2, 0) is 0 Å². The third-order valence-corrected chi connectivity index (χ3v) is 2.17. The van der Waals surface area contributed by atoms with Gasteiger partial charge in [-0.25, -0.2) is 0 Å². The molecule has 0 heterocycles. The highest BCUT2D eigenvalue weighted by Crippen LogP contribution is 2.09. The summed E-state index contributed by atoms with van der Waals surface area (Å²) >= 11 is 4.20. The molecular formula is C12H19NS. The summed E-state index contributed by atoms with van der Waals surface area (Å²) in [6.07, 6.45) is 4.09. The van der Waals surface area contributed by atoms with Crippen molar-refractivity contribution in [3.63, 3.8) is 0 Å². The highest BCUT2D eigenvalue weighted by atomic mass is 32.1. The Morgan fingerprint density at radius 3 is 2.29 bits per heavy atom. The molecule has 0 aliphatic rings. The molecule has 0 radical (unpaired) electrons. The van der Waals surface area contributed by atoms with Gasteiger partial charge < -0.3 is 5.32 Å². The van der Waals surface area contributed by atoms with E-state index in [1.54, 1.807) is 0 Å². The van der Waals surface area contributed by atoms with Crippen molar-refractivity contribution in [2.45, 2.75) is 18.7 Å². The second-order valence-electron chi connectivity index (χ2n) is 2.91. The Bertz CT molecular complexity index is 248. The molecule has 0 amide bonds. The van der Waals surface area contributed by atoms with Crippen molar-refractivity contribution in [2.24, 2.45) is 0 Å². The lowest BCUT2D eigenvalue weighted by molar-refractivity contribution is 0.918. The summed E-state index contributed by atoms with van der Waals surface area (Å²) in [5.41, 5.74) is 1.23. The fourth-order valence-electron chi connectivity index (χ4n) is 0.799. The molecule has 0 unspecified atom stereocenters. The Labute approximate surface area is 92.6 Å². The lowest BCUT2D eigenvalue weighted by Gasteiger charge is -1.92. The zero-order valence-corrected chi connectivity index (χ0v) is 10.0. The Kier molecular flexibility index (Phi) is 8.39. The maximum absolute atomic E-state index is 4.20. The van der Waals surface area contributed by atoms with Crippen molar-refractivity contribution in [2.75, 3.05) is 13.6 Å². The number of hydrogen-bond donors (Lipinski definition) is 2. The van der Waals surface area contributed by atoms with Gasteiger partial charge in [0.15, 0.2) is 0 Å². The standard InChI is InChI=1S/C7H8S.C5H11N/c1-6-4-2-3-5-7(6)8;1-3-4-5-6-2/h2-5,8H,1H3;3-4,6H,5H2,1-2H3/b;4-3+. The second kappa shape index (κ2) is 8.85. The molecule has 0 bridgehead atoms. The lowest BCUT2D eigenvalue weighted by atomic mass is 10.2. The smallest absolute Gasteiger partial charge is 0.0131 e. The molecule has 0 spiro atoms. The first-order valence-corrected chi connectivity index (χ1v) is 5.17. The van der Waals surface area contributed by atoms with Crippen LogP contribution in [0.4, 0.5) is 0 Å². The van der Waals surface area contributed by atoms with Gasteiger partial charge in [0.05, 0.1) is 0 Å². The van der Waals surface area contributed by atoms with E-state index in [2.05, 4.69) is 24.0 Å². The van der Waals surface area contributed by atoms with E-state index in [0.29, 0.717) is 0 Å². The highest BCUT2D eigenvalue weighted by molar-refractivity contribution is 7.80. The monoisotopic (exact) mass is 209 g/mol. The van der Waals surface area contributed by atoms with E-state index in [1.165, 1.54) is 5.56 Å². The van der Waals surface area contributed by atoms with Crippen LogP contribution in [0, 0.1) is 6.92 Å². The molecule has 2 heteroatoms. The number of hydrogen-bond acceptors (Lipinski definition) is 2. The van der Waals surface area contributed by atoms with E-state index >= 15 is 0 Å². The van der Waals surface area contributed by atoms with Gasteiger partial charge in [-0.05, 0) is 32.5 Å². The van der Waals surface area contributed by atoms with Crippen molar-refractivity contribution in [1.29, 1.82) is 0 Å². The summed E-state index contributed by atoms with van der Waals surface area (Å²) in [5, 5.41) is 2.98. The van der Waals surface area contributed by atoms with Gasteiger partial charge >= 0.3 is 0 Å². The zero-order chi connectivity index (χ0) is 10.8. The van der Waals surface area contributed by atoms with Crippen LogP contribution >= 0.6 is 12.6 Å². The molecule has 78 valence electrons. The van der Waals surface area contributed by atoms with Gasteiger partial charge in [-0.3, -0.25) is 0 Å². The first-order valence-electron chi connectivity index (χ1n) is 4.72. The number of benzene rings is 1. The number of nitrogens with one attached hydrogen (secondary N) is 1. The van der Waals surface area contributed by atoms with E-state index < -0.39 is 0 Å². The second-order valence-corrected chi connectivity index (χ2v) is 3.40. The third kappa shape index (κ3) is 6.75. The van der Waals surface area contributed by atoms with Crippen LogP contribution in [0.2, 0.25) is 0 Å². The summed E-state index contributed by atoms with van der Waals surface area (Å²) in [6, 6.07) is 8.02. The molecule has 0 saturated carbocycles. The quantitative estimate of drug-likeness (QED) is 0.563. The molecule has 1 aromatic rings. The molecule has 0 atom stereocenters. The highest BCUT2D eigenvalue weighted by Gasteiger charge is 1.84. The average Bonchev–Trinajstić information content (AvgIpc) is 2.20. The van der Waals surface area contributed by atoms with Gasteiger partial charge in [-0.2, -0.15) is 0 Å². The summed E-state index contributed by atoms with van der Waals surface area (Å²) in [5.74, 6) is 0. The predicted molar refractivity (Wildman–Crippen MR) is 67.2 cm³/mol. The van der Waals surface area contributed by atoms with Gasteiger partial charge in [0.2, 0.25) is 0 Å². The van der Waals surface area contributed by atoms with Crippen LogP contribution < -0.4 is 5.32 Å². The van der Waals surface area contributed by atoms with Crippen molar-refractivity contribution < 1.29 is 0 Å². The number of rotatable bonds is 2. The van der Waals surface area contributed by atoms with E-state index in [1.807, 2.05) is 51.2 Å². The lowest BCUT2D eigenvalue weighted by Crippen LogP contribution is -2.03. The maximum atomic E-state index is 4.20. The minimum absolute atomic E-state index is 0.983. The Morgan fingerprint density at radius 1 is 1.36 bits per heavy atom. The SMILES string of the molecule is C/C=C/CNC.Cc1ccccc1S. The third-order valence-electron chi connectivity index (χ3n) is 1.67. The van der Waals surface area contributed by atoms with Crippen molar-refractivity contribution >= 4 is 12.6 Å². The molecule has 0 aliphatic carbocycles. The van der Waals surface area contributed by atoms with Crippen LogP contribution in [0.25, 0.3) is 0 Å². The maximum Gasteiger partial charge on any atom is 0.0131 e. The fraction of sp³-hybridized carbons (Fsp3) is 0.333. The van der Waals surface area contributed by atoms with E-state index in [0.717, 1.165) is 11.4 Å². The van der Waals surface area contributed by atoms with Gasteiger partial charge in [0, 0.05) is 11.4 Å². The summed E-state index contributed by atoms with van der Waals surface area (Å²) < 4.78 is 0. The normalized spacial score (nSPS) is 9.71. The van der Waals surface area contributed by atoms with Crippen LogP contribution in [0.5, 0.6) is 0 Å². The number of likely N-dealkylation sites (N-methyl/N-ethyl adjacent to an activating group) is 1. The Hall–Kier alpha value is -0.730. The molecule has 14 heavy (non-hydrogen) atoms. The first kappa shape index (κ1) is 13.3. The Balaban J connectivity index is 0.000000255. The van der Waals surface area contributed by atoms with Crippen LogP contribution in [-0.4, -0.2) is 13.6 Å². The van der Waals surface area contributed by atoms with Crippen LogP contribution in [0.1, 0.15) is 12.5 Å². The molecular weight excluding hydrogens is 190 g/mol. The van der Waals surface area contributed by atoms with Gasteiger partial charge in [0.25, 0.3) is 0 Å². The van der Waals surface area contributed by atoms with E-state index in [4.69, 9.17) is 0 Å². The average molecular weight is 209 g/mol. The molecule has 0 fully saturated rings. The molecule has 0 aromatic heterocycles. The first-order chi connectivity index (χ1) is 6.72. The van der Waals surface area contributed by atoms with E-state index in [-0.39, 0.29) is 0 Å². The summed E-state index contributed by atoms with van der Waals surface area (Å²) in [7, 11) is 1.93. The Morgan fingerprint density at radius 2 is 2.00 bits per heavy atom. The topological polar surface area (TPSA) is 12.0 Å². The van der Waals surface area contributed by atoms with Gasteiger partial charge in [-0.1, -0.05) is 30.4 Å². The molecule has 0 saturated heterocycles.